The van der Waals surface area contributed by atoms with Crippen molar-refractivity contribution in [2.45, 2.75) is 9.92 Å². The zero-order chi connectivity index (χ0) is 15.4. The number of halogens is 3. The molecule has 1 aliphatic heterocycles. The molecule has 0 radical (unpaired) electrons. The van der Waals surface area contributed by atoms with Gasteiger partial charge in [0.1, 0.15) is 5.03 Å². The number of nitrogens with zero attached hydrogens (tertiary/aromatic N) is 2. The third-order valence-corrected chi connectivity index (χ3v) is 4.93. The molecule has 8 heteroatoms. The van der Waals surface area contributed by atoms with Crippen LogP contribution < -0.4 is 5.32 Å². The molecule has 3 rings (SSSR count). The number of benzene rings is 1. The number of nitrogens with one attached hydrogen (secondary N) is 1. The summed E-state index contributed by atoms with van der Waals surface area (Å²) in [6.45, 7) is 3.23. The summed E-state index contributed by atoms with van der Waals surface area (Å²) in [5.41, 5.74) is 0.749. The number of hydrogen-bond donors (Lipinski definition) is 1. The van der Waals surface area contributed by atoms with E-state index in [1.165, 1.54) is 11.8 Å². The third-order valence-electron chi connectivity index (χ3n) is 3.44. The van der Waals surface area contributed by atoms with Crippen LogP contribution >= 0.6 is 52.5 Å². The lowest BCUT2D eigenvalue weighted by molar-refractivity contribution is 0.0732. The molecular weight excluding hydrogens is 433 g/mol. The van der Waals surface area contributed by atoms with Gasteiger partial charge >= 0.3 is 0 Å². The smallest absolute Gasteiger partial charge is 0.255 e. The fourth-order valence-corrected chi connectivity index (χ4v) is 3.42. The summed E-state index contributed by atoms with van der Waals surface area (Å²) in [7, 11) is 0. The first-order valence-electron chi connectivity index (χ1n) is 7.12. The van der Waals surface area contributed by atoms with E-state index in [2.05, 4.69) is 26.2 Å². The molecule has 1 N–H and O–H groups in total. The first-order valence-corrected chi connectivity index (χ1v) is 8.73. The summed E-state index contributed by atoms with van der Waals surface area (Å²) in [5, 5.41) is 4.15. The van der Waals surface area contributed by atoms with Crippen molar-refractivity contribution in [3.63, 3.8) is 0 Å². The van der Waals surface area contributed by atoms with E-state index < -0.39 is 0 Å². The SMILES string of the molecule is Cl.Cl.O=C(c1ccccc1Sc1ccc(Br)cn1)N1CCNCC1. The lowest BCUT2D eigenvalue weighted by Gasteiger charge is -2.28. The zero-order valence-corrected chi connectivity index (χ0v) is 16.8. The molecule has 1 aliphatic rings. The van der Waals surface area contributed by atoms with Gasteiger partial charge in [-0.3, -0.25) is 4.79 Å². The van der Waals surface area contributed by atoms with Crippen LogP contribution in [0.2, 0.25) is 0 Å². The predicted octanol–water partition coefficient (Wildman–Crippen LogP) is 3.88. The Labute approximate surface area is 166 Å². The maximum atomic E-state index is 12.7. The molecule has 1 amide bonds. The summed E-state index contributed by atoms with van der Waals surface area (Å²) in [5.74, 6) is 0.0988. The molecule has 1 saturated heterocycles. The summed E-state index contributed by atoms with van der Waals surface area (Å²) < 4.78 is 0.946. The Kier molecular flexibility index (Phi) is 9.08. The molecule has 2 heterocycles. The van der Waals surface area contributed by atoms with Gasteiger partial charge in [0.2, 0.25) is 0 Å². The minimum absolute atomic E-state index is 0. The van der Waals surface area contributed by atoms with E-state index in [1.807, 2.05) is 41.3 Å². The molecule has 130 valence electrons. The molecule has 0 saturated carbocycles. The number of amides is 1. The molecule has 24 heavy (non-hydrogen) atoms. The number of carbonyl (C=O) groups excluding carboxylic acids is 1. The summed E-state index contributed by atoms with van der Waals surface area (Å²) in [4.78, 5) is 19.9. The Morgan fingerprint density at radius 2 is 1.83 bits per heavy atom. The first kappa shape index (κ1) is 21.3. The largest absolute Gasteiger partial charge is 0.336 e. The maximum absolute atomic E-state index is 12.7. The van der Waals surface area contributed by atoms with Gasteiger partial charge in [-0.05, 0) is 40.2 Å². The first-order chi connectivity index (χ1) is 10.7. The Morgan fingerprint density at radius 3 is 2.50 bits per heavy atom. The number of pyridine rings is 1. The average molecular weight is 451 g/mol. The van der Waals surface area contributed by atoms with Crippen LogP contribution in [-0.4, -0.2) is 42.0 Å². The van der Waals surface area contributed by atoms with Crippen molar-refractivity contribution < 1.29 is 4.79 Å². The van der Waals surface area contributed by atoms with Crippen LogP contribution in [0, 0.1) is 0 Å². The molecule has 0 unspecified atom stereocenters. The minimum Gasteiger partial charge on any atom is -0.336 e. The molecule has 1 fully saturated rings. The van der Waals surface area contributed by atoms with Crippen molar-refractivity contribution in [1.29, 1.82) is 0 Å². The van der Waals surface area contributed by atoms with Crippen LogP contribution in [0.1, 0.15) is 10.4 Å². The zero-order valence-electron chi connectivity index (χ0n) is 12.8. The second kappa shape index (κ2) is 10.3. The molecule has 1 aromatic carbocycles. The van der Waals surface area contributed by atoms with Crippen molar-refractivity contribution in [3.8, 4) is 0 Å². The van der Waals surface area contributed by atoms with Crippen LogP contribution in [0.3, 0.4) is 0 Å². The highest BCUT2D eigenvalue weighted by Crippen LogP contribution is 2.30. The van der Waals surface area contributed by atoms with E-state index in [9.17, 15) is 4.79 Å². The Balaban J connectivity index is 0.00000144. The normalized spacial score (nSPS) is 13.6. The summed E-state index contributed by atoms with van der Waals surface area (Å²) >= 11 is 4.90. The fraction of sp³-hybridized carbons (Fsp3) is 0.250. The van der Waals surface area contributed by atoms with Crippen molar-refractivity contribution >= 4 is 58.4 Å². The van der Waals surface area contributed by atoms with Gasteiger partial charge in [-0.25, -0.2) is 4.98 Å². The van der Waals surface area contributed by atoms with Crippen LogP contribution in [0.5, 0.6) is 0 Å². The lowest BCUT2D eigenvalue weighted by Crippen LogP contribution is -2.46. The van der Waals surface area contributed by atoms with Crippen molar-refractivity contribution in [3.05, 3.63) is 52.6 Å². The second-order valence-electron chi connectivity index (χ2n) is 4.96. The van der Waals surface area contributed by atoms with Crippen molar-refractivity contribution in [1.82, 2.24) is 15.2 Å². The van der Waals surface area contributed by atoms with Crippen LogP contribution in [0.15, 0.2) is 57.0 Å². The standard InChI is InChI=1S/C16H16BrN3OS.2ClH/c17-12-5-6-15(19-11-12)22-14-4-2-1-3-13(14)16(21)20-9-7-18-8-10-20;;/h1-6,11,18H,7-10H2;2*1H. The monoisotopic (exact) mass is 449 g/mol. The quantitative estimate of drug-likeness (QED) is 0.770. The molecule has 0 aliphatic carbocycles. The Hall–Kier alpha value is -0.790. The van der Waals surface area contributed by atoms with Gasteiger partial charge in [-0.1, -0.05) is 23.9 Å². The van der Waals surface area contributed by atoms with Crippen molar-refractivity contribution in [2.75, 3.05) is 26.2 Å². The maximum Gasteiger partial charge on any atom is 0.255 e. The van der Waals surface area contributed by atoms with E-state index in [-0.39, 0.29) is 30.7 Å². The van der Waals surface area contributed by atoms with Gasteiger partial charge in [0.05, 0.1) is 5.56 Å². The van der Waals surface area contributed by atoms with Gasteiger partial charge in [0, 0.05) is 41.7 Å². The highest BCUT2D eigenvalue weighted by Gasteiger charge is 2.20. The van der Waals surface area contributed by atoms with Crippen molar-refractivity contribution in [2.24, 2.45) is 0 Å². The second-order valence-corrected chi connectivity index (χ2v) is 6.93. The van der Waals surface area contributed by atoms with Gasteiger partial charge in [0.15, 0.2) is 0 Å². The molecule has 2 aromatic rings. The number of piperazine rings is 1. The summed E-state index contributed by atoms with van der Waals surface area (Å²) in [6.07, 6.45) is 1.77. The van der Waals surface area contributed by atoms with E-state index in [0.717, 1.165) is 46.1 Å². The number of carbonyl (C=O) groups is 1. The topological polar surface area (TPSA) is 45.2 Å². The lowest BCUT2D eigenvalue weighted by atomic mass is 10.2. The molecule has 0 spiro atoms. The van der Waals surface area contributed by atoms with E-state index in [1.54, 1.807) is 6.20 Å². The molecule has 0 bridgehead atoms. The van der Waals surface area contributed by atoms with Gasteiger partial charge < -0.3 is 10.2 Å². The van der Waals surface area contributed by atoms with Gasteiger partial charge in [-0.15, -0.1) is 24.8 Å². The number of rotatable bonds is 3. The van der Waals surface area contributed by atoms with Crippen LogP contribution in [0.4, 0.5) is 0 Å². The predicted molar refractivity (Wildman–Crippen MR) is 106 cm³/mol. The van der Waals surface area contributed by atoms with Crippen LogP contribution in [0.25, 0.3) is 0 Å². The van der Waals surface area contributed by atoms with Gasteiger partial charge in [-0.2, -0.15) is 0 Å². The molecule has 1 aromatic heterocycles. The Bertz CT molecular complexity index is 667. The summed E-state index contributed by atoms with van der Waals surface area (Å²) in [6, 6.07) is 11.6. The fourth-order valence-electron chi connectivity index (χ4n) is 2.31. The minimum atomic E-state index is 0. The highest BCUT2D eigenvalue weighted by atomic mass is 79.9. The Morgan fingerprint density at radius 1 is 1.12 bits per heavy atom. The highest BCUT2D eigenvalue weighted by molar-refractivity contribution is 9.10. The van der Waals surface area contributed by atoms with E-state index in [4.69, 9.17) is 0 Å². The van der Waals surface area contributed by atoms with E-state index in [0.29, 0.717) is 0 Å². The average Bonchev–Trinajstić information content (AvgIpc) is 2.58. The third kappa shape index (κ3) is 5.36. The van der Waals surface area contributed by atoms with Gasteiger partial charge in [0.25, 0.3) is 5.91 Å². The molecular formula is C16H18BrCl2N3OS. The molecule has 4 nitrogen and oxygen atoms in total. The van der Waals surface area contributed by atoms with Crippen LogP contribution in [-0.2, 0) is 0 Å². The molecule has 0 atom stereocenters. The van der Waals surface area contributed by atoms with E-state index >= 15 is 0 Å². The number of aromatic nitrogens is 1. The number of hydrogen-bond acceptors (Lipinski definition) is 4.